The Bertz CT molecular complexity index is 715. The standard InChI is InChI=1S/C19H22O9/c1-11(20)24-10-16-18(26-13(3)22)15(25-12(2)21)9-17(27-16)28-19(23)14-7-5-4-6-8-14/h4-8,15-18H,9-10H2,1-3H3/t15-,16-,17-,18+/m1/s1. The molecule has 1 saturated heterocycles. The summed E-state index contributed by atoms with van der Waals surface area (Å²) in [6.45, 7) is 3.33. The molecule has 152 valence electrons. The minimum Gasteiger partial charge on any atom is -0.463 e. The van der Waals surface area contributed by atoms with Crippen molar-refractivity contribution in [1.29, 1.82) is 0 Å². The van der Waals surface area contributed by atoms with Gasteiger partial charge in [-0.25, -0.2) is 4.79 Å². The minimum absolute atomic E-state index is 0.0489. The van der Waals surface area contributed by atoms with E-state index >= 15 is 0 Å². The van der Waals surface area contributed by atoms with Crippen molar-refractivity contribution in [2.45, 2.75) is 51.8 Å². The van der Waals surface area contributed by atoms with Crippen molar-refractivity contribution in [2.75, 3.05) is 6.61 Å². The second kappa shape index (κ2) is 9.84. The maximum absolute atomic E-state index is 12.3. The van der Waals surface area contributed by atoms with Crippen LogP contribution in [0.2, 0.25) is 0 Å². The van der Waals surface area contributed by atoms with Gasteiger partial charge in [-0.05, 0) is 12.1 Å². The van der Waals surface area contributed by atoms with E-state index in [1.807, 2.05) is 0 Å². The Balaban J connectivity index is 2.18. The first-order valence-electron chi connectivity index (χ1n) is 8.65. The molecule has 0 N–H and O–H groups in total. The molecule has 0 aliphatic carbocycles. The fraction of sp³-hybridized carbons (Fsp3) is 0.474. The molecule has 1 aromatic carbocycles. The number of rotatable bonds is 6. The first-order valence-corrected chi connectivity index (χ1v) is 8.65. The second-order valence-electron chi connectivity index (χ2n) is 6.14. The molecule has 4 atom stereocenters. The van der Waals surface area contributed by atoms with Gasteiger partial charge in [0.2, 0.25) is 6.29 Å². The molecule has 0 spiro atoms. The van der Waals surface area contributed by atoms with Gasteiger partial charge in [-0.1, -0.05) is 18.2 Å². The van der Waals surface area contributed by atoms with Crippen LogP contribution in [0.25, 0.3) is 0 Å². The van der Waals surface area contributed by atoms with Crippen LogP contribution < -0.4 is 0 Å². The topological polar surface area (TPSA) is 114 Å². The Morgan fingerprint density at radius 2 is 1.57 bits per heavy atom. The molecule has 1 fully saturated rings. The van der Waals surface area contributed by atoms with Crippen LogP contribution in [0.5, 0.6) is 0 Å². The number of esters is 4. The third-order valence-corrected chi connectivity index (χ3v) is 3.80. The summed E-state index contributed by atoms with van der Waals surface area (Å²) in [4.78, 5) is 46.4. The lowest BCUT2D eigenvalue weighted by atomic mass is 10.0. The van der Waals surface area contributed by atoms with Gasteiger partial charge in [-0.15, -0.1) is 0 Å². The lowest BCUT2D eigenvalue weighted by Crippen LogP contribution is -2.54. The smallest absolute Gasteiger partial charge is 0.340 e. The highest BCUT2D eigenvalue weighted by molar-refractivity contribution is 5.89. The molecule has 1 heterocycles. The third kappa shape index (κ3) is 6.34. The van der Waals surface area contributed by atoms with E-state index in [0.29, 0.717) is 5.56 Å². The number of hydrogen-bond donors (Lipinski definition) is 0. The van der Waals surface area contributed by atoms with Crippen LogP contribution in [0, 0.1) is 0 Å². The van der Waals surface area contributed by atoms with E-state index in [4.69, 9.17) is 23.7 Å². The van der Waals surface area contributed by atoms with Gasteiger partial charge in [0.05, 0.1) is 12.0 Å². The highest BCUT2D eigenvalue weighted by Gasteiger charge is 2.45. The van der Waals surface area contributed by atoms with Gasteiger partial charge < -0.3 is 23.7 Å². The van der Waals surface area contributed by atoms with Gasteiger partial charge in [0, 0.05) is 20.8 Å². The van der Waals surface area contributed by atoms with E-state index in [9.17, 15) is 19.2 Å². The molecule has 9 heteroatoms. The van der Waals surface area contributed by atoms with Crippen molar-refractivity contribution < 1.29 is 42.9 Å². The Labute approximate surface area is 161 Å². The summed E-state index contributed by atoms with van der Waals surface area (Å²) in [6.07, 6.45) is -4.09. The molecule has 1 aliphatic rings. The molecule has 2 rings (SSSR count). The fourth-order valence-corrected chi connectivity index (χ4v) is 2.73. The van der Waals surface area contributed by atoms with E-state index in [1.165, 1.54) is 20.8 Å². The van der Waals surface area contributed by atoms with Crippen molar-refractivity contribution in [1.82, 2.24) is 0 Å². The lowest BCUT2D eigenvalue weighted by molar-refractivity contribution is -0.252. The van der Waals surface area contributed by atoms with Gasteiger partial charge in [0.25, 0.3) is 0 Å². The Morgan fingerprint density at radius 3 is 2.14 bits per heavy atom. The Morgan fingerprint density at radius 1 is 0.929 bits per heavy atom. The summed E-state index contributed by atoms with van der Waals surface area (Å²) < 4.78 is 26.4. The highest BCUT2D eigenvalue weighted by Crippen LogP contribution is 2.27. The maximum atomic E-state index is 12.3. The molecule has 0 bridgehead atoms. The quantitative estimate of drug-likeness (QED) is 0.521. The number of benzene rings is 1. The van der Waals surface area contributed by atoms with Gasteiger partial charge in [-0.2, -0.15) is 0 Å². The Kier molecular flexibility index (Phi) is 7.51. The van der Waals surface area contributed by atoms with Gasteiger partial charge in [0.15, 0.2) is 6.10 Å². The largest absolute Gasteiger partial charge is 0.463 e. The molecular formula is C19H22O9. The van der Waals surface area contributed by atoms with E-state index in [0.717, 1.165) is 0 Å². The molecule has 0 aromatic heterocycles. The normalized spacial score (nSPS) is 24.0. The van der Waals surface area contributed by atoms with Crippen LogP contribution >= 0.6 is 0 Å². The highest BCUT2D eigenvalue weighted by atomic mass is 16.7. The van der Waals surface area contributed by atoms with Crippen LogP contribution in [0.15, 0.2) is 30.3 Å². The van der Waals surface area contributed by atoms with E-state index < -0.39 is 48.5 Å². The number of carbonyl (C=O) groups is 4. The molecule has 9 nitrogen and oxygen atoms in total. The molecule has 28 heavy (non-hydrogen) atoms. The van der Waals surface area contributed by atoms with Gasteiger partial charge in [-0.3, -0.25) is 14.4 Å². The van der Waals surface area contributed by atoms with Crippen LogP contribution in [0.1, 0.15) is 37.6 Å². The van der Waals surface area contributed by atoms with Crippen molar-refractivity contribution in [3.8, 4) is 0 Å². The zero-order chi connectivity index (χ0) is 20.7. The summed E-state index contributed by atoms with van der Waals surface area (Å²) in [5.74, 6) is -2.44. The van der Waals surface area contributed by atoms with Crippen LogP contribution in [0.4, 0.5) is 0 Å². The second-order valence-corrected chi connectivity index (χ2v) is 6.14. The van der Waals surface area contributed by atoms with Gasteiger partial charge >= 0.3 is 23.9 Å². The van der Waals surface area contributed by atoms with Gasteiger partial charge in [0.1, 0.15) is 18.8 Å². The minimum atomic E-state index is -1.09. The maximum Gasteiger partial charge on any atom is 0.340 e. The molecule has 1 aliphatic heterocycles. The molecule has 0 saturated carbocycles. The van der Waals surface area contributed by atoms with Crippen molar-refractivity contribution in [2.24, 2.45) is 0 Å². The fourth-order valence-electron chi connectivity index (χ4n) is 2.73. The van der Waals surface area contributed by atoms with Crippen molar-refractivity contribution >= 4 is 23.9 Å². The zero-order valence-corrected chi connectivity index (χ0v) is 15.8. The van der Waals surface area contributed by atoms with Crippen LogP contribution in [-0.2, 0) is 38.1 Å². The SMILES string of the molecule is CC(=O)OC[C@H]1O[C@H](OC(=O)c2ccccc2)C[C@@H](OC(C)=O)[C@@H]1OC(C)=O. The molecule has 0 radical (unpaired) electrons. The van der Waals surface area contributed by atoms with Crippen molar-refractivity contribution in [3.63, 3.8) is 0 Å². The van der Waals surface area contributed by atoms with E-state index in [2.05, 4.69) is 0 Å². The average Bonchev–Trinajstić information content (AvgIpc) is 2.62. The average molecular weight is 394 g/mol. The Hall–Kier alpha value is -2.94. The van der Waals surface area contributed by atoms with Crippen molar-refractivity contribution in [3.05, 3.63) is 35.9 Å². The molecule has 0 amide bonds. The number of ether oxygens (including phenoxy) is 5. The molecule has 0 unspecified atom stereocenters. The van der Waals surface area contributed by atoms with Crippen LogP contribution in [-0.4, -0.2) is 55.1 Å². The zero-order valence-electron chi connectivity index (χ0n) is 15.8. The van der Waals surface area contributed by atoms with Crippen LogP contribution in [0.3, 0.4) is 0 Å². The summed E-state index contributed by atoms with van der Waals surface area (Å²) in [6, 6.07) is 8.27. The summed E-state index contributed by atoms with van der Waals surface area (Å²) in [5.41, 5.74) is 0.314. The summed E-state index contributed by atoms with van der Waals surface area (Å²) in [7, 11) is 0. The third-order valence-electron chi connectivity index (χ3n) is 3.80. The number of hydrogen-bond acceptors (Lipinski definition) is 9. The predicted octanol–water partition coefficient (Wildman–Crippen LogP) is 1.38. The molecule has 1 aromatic rings. The monoisotopic (exact) mass is 394 g/mol. The first-order chi connectivity index (χ1) is 13.3. The predicted molar refractivity (Wildman–Crippen MR) is 92.9 cm³/mol. The van der Waals surface area contributed by atoms with E-state index in [-0.39, 0.29) is 13.0 Å². The first kappa shape index (κ1) is 21.4. The molecular weight excluding hydrogens is 372 g/mol. The summed E-state index contributed by atoms with van der Waals surface area (Å²) >= 11 is 0. The number of carbonyl (C=O) groups excluding carboxylic acids is 4. The van der Waals surface area contributed by atoms with E-state index in [1.54, 1.807) is 30.3 Å². The lowest BCUT2D eigenvalue weighted by Gasteiger charge is -2.39. The summed E-state index contributed by atoms with van der Waals surface area (Å²) in [5, 5.41) is 0.